The van der Waals surface area contributed by atoms with Gasteiger partial charge in [-0.3, -0.25) is 10.1 Å². The van der Waals surface area contributed by atoms with Crippen molar-refractivity contribution in [1.29, 1.82) is 0 Å². The molecule has 0 spiro atoms. The number of rotatable bonds is 3. The molecule has 7 nitrogen and oxygen atoms in total. The van der Waals surface area contributed by atoms with Gasteiger partial charge in [-0.25, -0.2) is 8.42 Å². The average Bonchev–Trinajstić information content (AvgIpc) is 2.38. The summed E-state index contributed by atoms with van der Waals surface area (Å²) in [7, 11) is -3.87. The highest BCUT2D eigenvalue weighted by Crippen LogP contribution is 2.30. The van der Waals surface area contributed by atoms with Gasteiger partial charge in [-0.15, -0.1) is 12.4 Å². The lowest BCUT2D eigenvalue weighted by molar-refractivity contribution is -0.387. The summed E-state index contributed by atoms with van der Waals surface area (Å²) in [6.07, 6.45) is 0. The van der Waals surface area contributed by atoms with Crippen LogP contribution in [0.4, 0.5) is 5.69 Å². The Balaban J connectivity index is 0.00000220. The van der Waals surface area contributed by atoms with Gasteiger partial charge in [0.2, 0.25) is 0 Å². The monoisotopic (exact) mass is 335 g/mol. The van der Waals surface area contributed by atoms with Crippen LogP contribution in [0.25, 0.3) is 0 Å². The van der Waals surface area contributed by atoms with Crippen molar-refractivity contribution < 1.29 is 13.3 Å². The molecule has 0 amide bonds. The van der Waals surface area contributed by atoms with Crippen molar-refractivity contribution in [2.45, 2.75) is 24.8 Å². The van der Waals surface area contributed by atoms with Gasteiger partial charge in [-0.05, 0) is 19.4 Å². The minimum Gasteiger partial charge on any atom is -0.314 e. The quantitative estimate of drug-likeness (QED) is 0.664. The SMILES string of the molecule is Cc1cccc([N+](=O)[O-])c1S(=O)(=O)N1CCNC[C@@H]1C.Cl. The van der Waals surface area contributed by atoms with E-state index in [9.17, 15) is 18.5 Å². The zero-order valence-corrected chi connectivity index (χ0v) is 13.4. The van der Waals surface area contributed by atoms with E-state index in [0.717, 1.165) is 0 Å². The summed E-state index contributed by atoms with van der Waals surface area (Å²) in [5, 5.41) is 14.2. The minimum absolute atomic E-state index is 0. The van der Waals surface area contributed by atoms with E-state index in [-0.39, 0.29) is 29.0 Å². The molecule has 1 aromatic carbocycles. The van der Waals surface area contributed by atoms with Gasteiger partial charge in [0.05, 0.1) is 4.92 Å². The first-order valence-electron chi connectivity index (χ1n) is 6.32. The normalized spacial score (nSPS) is 19.8. The van der Waals surface area contributed by atoms with Crippen LogP contribution >= 0.6 is 12.4 Å². The second-order valence-corrected chi connectivity index (χ2v) is 6.68. The molecule has 0 aliphatic carbocycles. The first kappa shape index (κ1) is 17.8. The lowest BCUT2D eigenvalue weighted by Crippen LogP contribution is -2.52. The van der Waals surface area contributed by atoms with E-state index < -0.39 is 14.9 Å². The first-order valence-corrected chi connectivity index (χ1v) is 7.76. The molecule has 0 radical (unpaired) electrons. The molecule has 1 aliphatic rings. The third-order valence-electron chi connectivity index (χ3n) is 3.39. The Morgan fingerprint density at radius 3 is 2.67 bits per heavy atom. The number of aryl methyl sites for hydroxylation is 1. The van der Waals surface area contributed by atoms with Gasteiger partial charge >= 0.3 is 0 Å². The van der Waals surface area contributed by atoms with Gasteiger partial charge in [0.25, 0.3) is 15.7 Å². The van der Waals surface area contributed by atoms with Crippen LogP contribution in [-0.2, 0) is 10.0 Å². The molecule has 1 fully saturated rings. The van der Waals surface area contributed by atoms with Crippen molar-refractivity contribution in [2.24, 2.45) is 0 Å². The molecule has 1 heterocycles. The summed E-state index contributed by atoms with van der Waals surface area (Å²) in [5.74, 6) is 0. The van der Waals surface area contributed by atoms with Crippen LogP contribution in [0.1, 0.15) is 12.5 Å². The molecule has 0 bridgehead atoms. The highest BCUT2D eigenvalue weighted by Gasteiger charge is 2.36. The van der Waals surface area contributed by atoms with E-state index in [1.165, 1.54) is 16.4 Å². The molecule has 9 heteroatoms. The maximum Gasteiger partial charge on any atom is 0.289 e. The standard InChI is InChI=1S/C12H17N3O4S.ClH/c1-9-4-3-5-11(15(16)17)12(9)20(18,19)14-7-6-13-8-10(14)2;/h3-5,10,13H,6-8H2,1-2H3;1H/t10-;/m0./s1. The number of sulfonamides is 1. The van der Waals surface area contributed by atoms with E-state index in [1.807, 2.05) is 0 Å². The van der Waals surface area contributed by atoms with E-state index in [2.05, 4.69) is 5.32 Å². The van der Waals surface area contributed by atoms with Crippen molar-refractivity contribution in [3.63, 3.8) is 0 Å². The van der Waals surface area contributed by atoms with Crippen LogP contribution in [0.15, 0.2) is 23.1 Å². The fourth-order valence-corrected chi connectivity index (χ4v) is 4.41. The molecule has 118 valence electrons. The van der Waals surface area contributed by atoms with Gasteiger partial charge in [-0.2, -0.15) is 4.31 Å². The van der Waals surface area contributed by atoms with Crippen LogP contribution in [-0.4, -0.2) is 43.3 Å². The number of nitrogens with one attached hydrogen (secondary N) is 1. The second-order valence-electron chi connectivity index (χ2n) is 4.85. The van der Waals surface area contributed by atoms with Crippen molar-refractivity contribution in [1.82, 2.24) is 9.62 Å². The second kappa shape index (κ2) is 6.69. The summed E-state index contributed by atoms with van der Waals surface area (Å²) in [4.78, 5) is 10.3. The summed E-state index contributed by atoms with van der Waals surface area (Å²) in [6, 6.07) is 4.07. The Hall–Kier alpha value is -1.22. The Kier molecular flexibility index (Phi) is 5.68. The summed E-state index contributed by atoms with van der Waals surface area (Å²) >= 11 is 0. The van der Waals surface area contributed by atoms with Gasteiger partial charge in [0.15, 0.2) is 4.90 Å². The maximum atomic E-state index is 12.7. The zero-order chi connectivity index (χ0) is 14.9. The van der Waals surface area contributed by atoms with Crippen LogP contribution in [0, 0.1) is 17.0 Å². The van der Waals surface area contributed by atoms with E-state index in [4.69, 9.17) is 0 Å². The lowest BCUT2D eigenvalue weighted by atomic mass is 10.2. The Morgan fingerprint density at radius 2 is 2.10 bits per heavy atom. The Labute approximate surface area is 129 Å². The number of nitrogens with zero attached hydrogens (tertiary/aromatic N) is 2. The average molecular weight is 336 g/mol. The van der Waals surface area contributed by atoms with Crippen molar-refractivity contribution in [3.8, 4) is 0 Å². The smallest absolute Gasteiger partial charge is 0.289 e. The first-order chi connectivity index (χ1) is 9.35. The molecule has 0 aromatic heterocycles. The fraction of sp³-hybridized carbons (Fsp3) is 0.500. The fourth-order valence-electron chi connectivity index (χ4n) is 2.41. The predicted molar refractivity (Wildman–Crippen MR) is 81.3 cm³/mol. The molecule has 1 saturated heterocycles. The van der Waals surface area contributed by atoms with Crippen molar-refractivity contribution in [3.05, 3.63) is 33.9 Å². The Morgan fingerprint density at radius 1 is 1.43 bits per heavy atom. The van der Waals surface area contributed by atoms with Crippen LogP contribution in [0.3, 0.4) is 0 Å². The van der Waals surface area contributed by atoms with Gasteiger partial charge < -0.3 is 5.32 Å². The van der Waals surface area contributed by atoms with Gasteiger partial charge in [0, 0.05) is 31.7 Å². The summed E-state index contributed by atoms with van der Waals surface area (Å²) in [5.41, 5.74) is 0.0284. The predicted octanol–water partition coefficient (Wildman–Crippen LogP) is 1.31. The van der Waals surface area contributed by atoms with Crippen molar-refractivity contribution >= 4 is 28.1 Å². The number of nitro groups is 1. The number of hydrogen-bond donors (Lipinski definition) is 1. The largest absolute Gasteiger partial charge is 0.314 e. The molecule has 1 aromatic rings. The number of benzene rings is 1. The highest BCUT2D eigenvalue weighted by atomic mass is 35.5. The number of halogens is 1. The van der Waals surface area contributed by atoms with E-state index >= 15 is 0 Å². The third kappa shape index (κ3) is 3.34. The molecule has 1 aliphatic heterocycles. The third-order valence-corrected chi connectivity index (χ3v) is 5.60. The molecular formula is C12H18ClN3O4S. The summed E-state index contributed by atoms with van der Waals surface area (Å²) < 4.78 is 26.8. The minimum atomic E-state index is -3.87. The maximum absolute atomic E-state index is 12.7. The molecule has 0 unspecified atom stereocenters. The molecule has 21 heavy (non-hydrogen) atoms. The van der Waals surface area contributed by atoms with Crippen LogP contribution in [0.2, 0.25) is 0 Å². The molecule has 0 saturated carbocycles. The lowest BCUT2D eigenvalue weighted by Gasteiger charge is -2.33. The number of piperazine rings is 1. The van der Waals surface area contributed by atoms with Crippen molar-refractivity contribution in [2.75, 3.05) is 19.6 Å². The molecular weight excluding hydrogens is 318 g/mol. The molecule has 1 atom stereocenters. The summed E-state index contributed by atoms with van der Waals surface area (Å²) in [6.45, 7) is 4.76. The van der Waals surface area contributed by atoms with E-state index in [0.29, 0.717) is 25.2 Å². The Bertz CT molecular complexity index is 635. The topological polar surface area (TPSA) is 92.5 Å². The number of nitro benzene ring substituents is 1. The zero-order valence-electron chi connectivity index (χ0n) is 11.8. The van der Waals surface area contributed by atoms with Crippen LogP contribution < -0.4 is 5.32 Å². The molecule has 1 N–H and O–H groups in total. The van der Waals surface area contributed by atoms with E-state index in [1.54, 1.807) is 19.9 Å². The van der Waals surface area contributed by atoms with Gasteiger partial charge in [0.1, 0.15) is 0 Å². The van der Waals surface area contributed by atoms with Crippen LogP contribution in [0.5, 0.6) is 0 Å². The highest BCUT2D eigenvalue weighted by molar-refractivity contribution is 7.89. The molecule has 2 rings (SSSR count). The number of hydrogen-bond acceptors (Lipinski definition) is 5. The van der Waals surface area contributed by atoms with Gasteiger partial charge in [-0.1, -0.05) is 12.1 Å².